The van der Waals surface area contributed by atoms with Crippen molar-refractivity contribution in [1.29, 1.82) is 0 Å². The average molecular weight is 461 g/mol. The fraction of sp³-hybridized carbons (Fsp3) is 0.280. The van der Waals surface area contributed by atoms with Gasteiger partial charge in [0.2, 0.25) is 5.95 Å². The number of nitrogens with zero attached hydrogens (tertiary/aromatic N) is 3. The molecule has 0 spiro atoms. The first-order valence-corrected chi connectivity index (χ1v) is 12.4. The number of aromatic amines is 1. The van der Waals surface area contributed by atoms with Crippen molar-refractivity contribution >= 4 is 45.9 Å². The van der Waals surface area contributed by atoms with Crippen molar-refractivity contribution in [3.8, 4) is 0 Å². The first-order chi connectivity index (χ1) is 16.2. The summed E-state index contributed by atoms with van der Waals surface area (Å²) >= 11 is 1.74. The Kier molecular flexibility index (Phi) is 6.37. The van der Waals surface area contributed by atoms with Gasteiger partial charge in [-0.1, -0.05) is 18.2 Å². The molecule has 1 fully saturated rings. The summed E-state index contributed by atoms with van der Waals surface area (Å²) in [7, 11) is 0. The highest BCUT2D eigenvalue weighted by Crippen LogP contribution is 2.27. The maximum absolute atomic E-state index is 9.73. The summed E-state index contributed by atoms with van der Waals surface area (Å²) in [4.78, 5) is 16.2. The lowest BCUT2D eigenvalue weighted by Gasteiger charge is -2.31. The van der Waals surface area contributed by atoms with Crippen molar-refractivity contribution in [3.63, 3.8) is 0 Å². The smallest absolute Gasteiger partial charge is 0.229 e. The van der Waals surface area contributed by atoms with Gasteiger partial charge in [0.15, 0.2) is 5.82 Å². The summed E-state index contributed by atoms with van der Waals surface area (Å²) in [5.74, 6) is 1.32. The SMILES string of the molecule is CSc1ccccc1CNc1nc(Nc2ccc(N3CCC(O)CC3)cc2)nc2cc[nH]c12. The van der Waals surface area contributed by atoms with Crippen molar-refractivity contribution in [2.45, 2.75) is 30.4 Å². The predicted molar refractivity (Wildman–Crippen MR) is 137 cm³/mol. The summed E-state index contributed by atoms with van der Waals surface area (Å²) in [6.07, 6.45) is 5.45. The monoisotopic (exact) mass is 460 g/mol. The number of benzene rings is 2. The van der Waals surface area contributed by atoms with Crippen molar-refractivity contribution in [1.82, 2.24) is 15.0 Å². The average Bonchev–Trinajstić information content (AvgIpc) is 3.33. The highest BCUT2D eigenvalue weighted by Gasteiger charge is 2.17. The molecule has 0 amide bonds. The second kappa shape index (κ2) is 9.72. The lowest BCUT2D eigenvalue weighted by Crippen LogP contribution is -2.35. The molecule has 4 N–H and O–H groups in total. The minimum Gasteiger partial charge on any atom is -0.393 e. The summed E-state index contributed by atoms with van der Waals surface area (Å²) < 4.78 is 0. The van der Waals surface area contributed by atoms with Gasteiger partial charge in [-0.3, -0.25) is 0 Å². The molecule has 3 heterocycles. The van der Waals surface area contributed by atoms with Crippen LogP contribution in [0.5, 0.6) is 0 Å². The van der Waals surface area contributed by atoms with Gasteiger partial charge in [0.1, 0.15) is 5.52 Å². The van der Waals surface area contributed by atoms with Crippen LogP contribution in [0.3, 0.4) is 0 Å². The Labute approximate surface area is 197 Å². The zero-order valence-corrected chi connectivity index (χ0v) is 19.4. The molecule has 0 unspecified atom stereocenters. The van der Waals surface area contributed by atoms with Crippen molar-refractivity contribution in [2.24, 2.45) is 0 Å². The molecule has 0 saturated carbocycles. The number of hydrogen-bond acceptors (Lipinski definition) is 7. The van der Waals surface area contributed by atoms with Crippen LogP contribution in [0.4, 0.5) is 23.1 Å². The molecule has 1 aliphatic heterocycles. The molecule has 2 aromatic carbocycles. The number of thioether (sulfide) groups is 1. The number of aromatic nitrogens is 3. The van der Waals surface area contributed by atoms with E-state index in [0.29, 0.717) is 12.5 Å². The van der Waals surface area contributed by atoms with E-state index in [1.807, 2.05) is 24.4 Å². The number of nitrogens with one attached hydrogen (secondary N) is 3. The summed E-state index contributed by atoms with van der Waals surface area (Å²) in [6.45, 7) is 2.45. The first kappa shape index (κ1) is 21.6. The van der Waals surface area contributed by atoms with Gasteiger partial charge in [-0.15, -0.1) is 11.8 Å². The van der Waals surface area contributed by atoms with E-state index < -0.39 is 0 Å². The Balaban J connectivity index is 1.32. The first-order valence-electron chi connectivity index (χ1n) is 11.2. The zero-order valence-electron chi connectivity index (χ0n) is 18.6. The molecular formula is C25H28N6OS. The van der Waals surface area contributed by atoms with Crippen LogP contribution in [-0.4, -0.2) is 45.5 Å². The van der Waals surface area contributed by atoms with Crippen LogP contribution in [0.15, 0.2) is 65.7 Å². The van der Waals surface area contributed by atoms with Gasteiger partial charge < -0.3 is 25.6 Å². The molecule has 0 atom stereocenters. The van der Waals surface area contributed by atoms with Crippen LogP contribution in [0.2, 0.25) is 0 Å². The van der Waals surface area contributed by atoms with Gasteiger partial charge in [0.05, 0.1) is 11.6 Å². The van der Waals surface area contributed by atoms with Crippen LogP contribution < -0.4 is 15.5 Å². The van der Waals surface area contributed by atoms with Gasteiger partial charge in [-0.2, -0.15) is 4.98 Å². The van der Waals surface area contributed by atoms with E-state index in [2.05, 4.69) is 68.2 Å². The Morgan fingerprint density at radius 2 is 1.85 bits per heavy atom. The van der Waals surface area contributed by atoms with Crippen LogP contribution in [0, 0.1) is 0 Å². The zero-order chi connectivity index (χ0) is 22.6. The standard InChI is InChI=1S/C25H28N6OS/c1-33-22-5-3-2-4-17(22)16-27-24-23-21(10-13-26-23)29-25(30-24)28-18-6-8-19(9-7-18)31-14-11-20(32)12-15-31/h2-10,13,20,26,32H,11-12,14-16H2,1H3,(H2,27,28,29,30). The highest BCUT2D eigenvalue weighted by atomic mass is 32.2. The second-order valence-electron chi connectivity index (χ2n) is 8.19. The van der Waals surface area contributed by atoms with Crippen molar-refractivity contribution in [2.75, 3.05) is 34.9 Å². The number of aliphatic hydroxyl groups excluding tert-OH is 1. The lowest BCUT2D eigenvalue weighted by atomic mass is 10.1. The van der Waals surface area contributed by atoms with E-state index in [4.69, 9.17) is 4.98 Å². The second-order valence-corrected chi connectivity index (χ2v) is 9.04. The third-order valence-corrected chi connectivity index (χ3v) is 6.84. The number of aliphatic hydroxyl groups is 1. The van der Waals surface area contributed by atoms with E-state index in [1.54, 1.807) is 11.8 Å². The van der Waals surface area contributed by atoms with Crippen LogP contribution >= 0.6 is 11.8 Å². The van der Waals surface area contributed by atoms with E-state index >= 15 is 0 Å². The number of rotatable bonds is 7. The Morgan fingerprint density at radius 3 is 2.64 bits per heavy atom. The summed E-state index contributed by atoms with van der Waals surface area (Å²) in [5, 5.41) is 16.6. The van der Waals surface area contributed by atoms with Crippen molar-refractivity contribution in [3.05, 3.63) is 66.4 Å². The number of hydrogen-bond donors (Lipinski definition) is 4. The quantitative estimate of drug-likeness (QED) is 0.289. The van der Waals surface area contributed by atoms with E-state index in [1.165, 1.54) is 16.1 Å². The molecule has 0 radical (unpaired) electrons. The molecule has 7 nitrogen and oxygen atoms in total. The number of piperidine rings is 1. The number of H-pyrrole nitrogens is 1. The van der Waals surface area contributed by atoms with Crippen LogP contribution in [0.25, 0.3) is 11.0 Å². The molecule has 5 rings (SSSR count). The molecular weight excluding hydrogens is 432 g/mol. The van der Waals surface area contributed by atoms with Crippen LogP contribution in [0.1, 0.15) is 18.4 Å². The Morgan fingerprint density at radius 1 is 1.06 bits per heavy atom. The Bertz CT molecular complexity index is 1220. The molecule has 33 heavy (non-hydrogen) atoms. The van der Waals surface area contributed by atoms with Gasteiger partial charge in [-0.05, 0) is 61.1 Å². The van der Waals surface area contributed by atoms with E-state index in [0.717, 1.165) is 48.5 Å². The van der Waals surface area contributed by atoms with Gasteiger partial charge in [-0.25, -0.2) is 4.98 Å². The molecule has 1 saturated heterocycles. The van der Waals surface area contributed by atoms with Crippen LogP contribution in [-0.2, 0) is 6.54 Å². The maximum Gasteiger partial charge on any atom is 0.229 e. The third kappa shape index (κ3) is 4.91. The molecule has 170 valence electrons. The molecule has 0 bridgehead atoms. The van der Waals surface area contributed by atoms with Crippen molar-refractivity contribution < 1.29 is 5.11 Å². The maximum atomic E-state index is 9.73. The number of anilines is 4. The highest BCUT2D eigenvalue weighted by molar-refractivity contribution is 7.98. The fourth-order valence-corrected chi connectivity index (χ4v) is 4.78. The normalized spacial score (nSPS) is 14.5. The van der Waals surface area contributed by atoms with Gasteiger partial charge in [0, 0.05) is 42.1 Å². The van der Waals surface area contributed by atoms with Gasteiger partial charge in [0.25, 0.3) is 0 Å². The topological polar surface area (TPSA) is 89.1 Å². The minimum atomic E-state index is -0.167. The van der Waals surface area contributed by atoms with E-state index in [9.17, 15) is 5.11 Å². The largest absolute Gasteiger partial charge is 0.393 e. The summed E-state index contributed by atoms with van der Waals surface area (Å²) in [5.41, 5.74) is 5.09. The van der Waals surface area contributed by atoms with Gasteiger partial charge >= 0.3 is 0 Å². The Hall–Kier alpha value is -3.23. The lowest BCUT2D eigenvalue weighted by molar-refractivity contribution is 0.145. The molecule has 4 aromatic rings. The summed E-state index contributed by atoms with van der Waals surface area (Å²) in [6, 6.07) is 18.6. The number of fused-ring (bicyclic) bond motifs is 1. The molecule has 0 aliphatic carbocycles. The third-order valence-electron chi connectivity index (χ3n) is 6.00. The molecule has 8 heteroatoms. The fourth-order valence-electron chi connectivity index (χ4n) is 4.17. The van der Waals surface area contributed by atoms with E-state index in [-0.39, 0.29) is 6.10 Å². The molecule has 2 aromatic heterocycles. The minimum absolute atomic E-state index is 0.167. The predicted octanol–water partition coefficient (Wildman–Crippen LogP) is 5.00. The molecule has 1 aliphatic rings.